The molecule has 0 amide bonds. The van der Waals surface area contributed by atoms with Crippen LogP contribution < -0.4 is 5.56 Å². The summed E-state index contributed by atoms with van der Waals surface area (Å²) in [7, 11) is 0. The van der Waals surface area contributed by atoms with Crippen molar-refractivity contribution in [2.75, 3.05) is 0 Å². The van der Waals surface area contributed by atoms with Crippen molar-refractivity contribution in [3.63, 3.8) is 0 Å². The number of aromatic amines is 1. The van der Waals surface area contributed by atoms with Crippen LogP contribution in [-0.4, -0.2) is 35.1 Å². The summed E-state index contributed by atoms with van der Waals surface area (Å²) in [6.07, 6.45) is 3.60. The lowest BCUT2D eigenvalue weighted by atomic mass is 10.0. The first-order valence-corrected chi connectivity index (χ1v) is 11.6. The molecule has 0 fully saturated rings. The highest BCUT2D eigenvalue weighted by molar-refractivity contribution is 5.83. The third kappa shape index (κ3) is 5.33. The number of H-pyrrole nitrogens is 1. The van der Waals surface area contributed by atoms with Gasteiger partial charge in [0.25, 0.3) is 5.56 Å². The number of tetrazole rings is 1. The van der Waals surface area contributed by atoms with Crippen molar-refractivity contribution >= 4 is 10.9 Å². The number of pyridine rings is 2. The second-order valence-electron chi connectivity index (χ2n) is 8.91. The van der Waals surface area contributed by atoms with Crippen LogP contribution in [0.5, 0.6) is 0 Å². The summed E-state index contributed by atoms with van der Waals surface area (Å²) in [6.45, 7) is 6.23. The Morgan fingerprint density at radius 1 is 0.943 bits per heavy atom. The maximum Gasteiger partial charge on any atom is 0.252 e. The topological polar surface area (TPSA) is 92.6 Å². The van der Waals surface area contributed by atoms with Gasteiger partial charge in [-0.25, -0.2) is 4.68 Å². The molecule has 5 aromatic rings. The number of benzene rings is 2. The van der Waals surface area contributed by atoms with Gasteiger partial charge in [0.2, 0.25) is 0 Å². The fraction of sp³-hybridized carbons (Fsp3) is 0.222. The molecule has 35 heavy (non-hydrogen) atoms. The average molecular weight is 466 g/mol. The van der Waals surface area contributed by atoms with Crippen molar-refractivity contribution in [1.29, 1.82) is 0 Å². The highest BCUT2D eigenvalue weighted by Gasteiger charge is 2.16. The molecule has 0 bridgehead atoms. The molecule has 0 aliphatic carbocycles. The van der Waals surface area contributed by atoms with Gasteiger partial charge in [-0.05, 0) is 64.7 Å². The van der Waals surface area contributed by atoms with Crippen molar-refractivity contribution in [2.24, 2.45) is 0 Å². The van der Waals surface area contributed by atoms with Crippen LogP contribution >= 0.6 is 0 Å². The maximum absolute atomic E-state index is 13.0. The van der Waals surface area contributed by atoms with Gasteiger partial charge in [0.15, 0.2) is 5.82 Å². The molecule has 2 aromatic carbocycles. The van der Waals surface area contributed by atoms with Crippen molar-refractivity contribution in [3.8, 4) is 0 Å². The van der Waals surface area contributed by atoms with Gasteiger partial charge in [-0.15, -0.1) is 5.10 Å². The van der Waals surface area contributed by atoms with Gasteiger partial charge in [-0.1, -0.05) is 42.5 Å². The van der Waals surface area contributed by atoms with E-state index in [0.29, 0.717) is 31.7 Å². The van der Waals surface area contributed by atoms with E-state index in [1.165, 1.54) is 0 Å². The fourth-order valence-electron chi connectivity index (χ4n) is 4.41. The van der Waals surface area contributed by atoms with E-state index in [1.807, 2.05) is 60.3 Å². The second-order valence-corrected chi connectivity index (χ2v) is 8.91. The van der Waals surface area contributed by atoms with E-state index in [-0.39, 0.29) is 5.56 Å². The first kappa shape index (κ1) is 22.6. The quantitative estimate of drug-likeness (QED) is 0.375. The normalized spacial score (nSPS) is 11.4. The largest absolute Gasteiger partial charge is 0.322 e. The lowest BCUT2D eigenvalue weighted by Crippen LogP contribution is -2.28. The Labute approximate surface area is 203 Å². The van der Waals surface area contributed by atoms with Gasteiger partial charge in [0.1, 0.15) is 0 Å². The van der Waals surface area contributed by atoms with E-state index in [0.717, 1.165) is 39.0 Å². The van der Waals surface area contributed by atoms with Crippen molar-refractivity contribution in [2.45, 2.75) is 40.0 Å². The molecule has 0 saturated carbocycles. The molecule has 1 N–H and O–H groups in total. The van der Waals surface area contributed by atoms with Gasteiger partial charge in [-0.3, -0.25) is 14.7 Å². The van der Waals surface area contributed by atoms with Crippen LogP contribution in [0.25, 0.3) is 10.9 Å². The molecule has 0 aliphatic heterocycles. The molecular weight excluding hydrogens is 438 g/mol. The van der Waals surface area contributed by atoms with Crippen molar-refractivity contribution in [1.82, 2.24) is 35.1 Å². The van der Waals surface area contributed by atoms with Crippen LogP contribution in [0, 0.1) is 13.8 Å². The zero-order valence-electron chi connectivity index (χ0n) is 19.8. The minimum absolute atomic E-state index is 0.0810. The van der Waals surface area contributed by atoms with E-state index in [1.54, 1.807) is 6.20 Å². The van der Waals surface area contributed by atoms with Crippen LogP contribution in [0.3, 0.4) is 0 Å². The zero-order valence-corrected chi connectivity index (χ0v) is 19.8. The monoisotopic (exact) mass is 465 g/mol. The minimum Gasteiger partial charge on any atom is -0.322 e. The number of nitrogens with zero attached hydrogens (tertiary/aromatic N) is 6. The third-order valence-electron chi connectivity index (χ3n) is 6.06. The smallest absolute Gasteiger partial charge is 0.252 e. The van der Waals surface area contributed by atoms with Crippen molar-refractivity contribution < 1.29 is 0 Å². The first-order valence-electron chi connectivity index (χ1n) is 11.6. The second kappa shape index (κ2) is 9.99. The third-order valence-corrected chi connectivity index (χ3v) is 6.06. The number of hydrogen-bond acceptors (Lipinski definition) is 6. The Bertz CT molecular complexity index is 1490. The lowest BCUT2D eigenvalue weighted by molar-refractivity contribution is 0.235. The molecule has 0 unspecified atom stereocenters. The van der Waals surface area contributed by atoms with Crippen molar-refractivity contribution in [3.05, 3.63) is 117 Å². The summed E-state index contributed by atoms with van der Waals surface area (Å²) >= 11 is 0. The van der Waals surface area contributed by atoms with Gasteiger partial charge in [0, 0.05) is 41.9 Å². The van der Waals surface area contributed by atoms with E-state index in [4.69, 9.17) is 0 Å². The zero-order chi connectivity index (χ0) is 24.2. The summed E-state index contributed by atoms with van der Waals surface area (Å²) in [6, 6.07) is 20.2. The molecule has 176 valence electrons. The maximum atomic E-state index is 13.0. The molecule has 8 heteroatoms. The molecule has 8 nitrogen and oxygen atoms in total. The molecule has 0 atom stereocenters. The van der Waals surface area contributed by atoms with Crippen LogP contribution in [0.15, 0.2) is 77.9 Å². The Morgan fingerprint density at radius 2 is 1.77 bits per heavy atom. The Morgan fingerprint density at radius 3 is 2.57 bits per heavy atom. The number of aromatic nitrogens is 6. The molecule has 0 radical (unpaired) electrons. The summed E-state index contributed by atoms with van der Waals surface area (Å²) in [5, 5.41) is 13.5. The average Bonchev–Trinajstić information content (AvgIpc) is 3.27. The molecular formula is C27H27N7O. The molecule has 5 rings (SSSR count). The van der Waals surface area contributed by atoms with Gasteiger partial charge < -0.3 is 4.98 Å². The predicted molar refractivity (Wildman–Crippen MR) is 135 cm³/mol. The summed E-state index contributed by atoms with van der Waals surface area (Å²) in [4.78, 5) is 22.5. The Hall–Kier alpha value is -4.17. The number of fused-ring (bicyclic) bond motifs is 1. The molecule has 0 spiro atoms. The van der Waals surface area contributed by atoms with Crippen LogP contribution in [0.2, 0.25) is 0 Å². The summed E-state index contributed by atoms with van der Waals surface area (Å²) in [5.41, 5.74) is 5.93. The van der Waals surface area contributed by atoms with E-state index in [2.05, 4.69) is 55.5 Å². The Balaban J connectivity index is 1.46. The van der Waals surface area contributed by atoms with Crippen LogP contribution in [0.1, 0.15) is 33.6 Å². The number of aryl methyl sites for hydroxylation is 2. The molecule has 0 aliphatic rings. The van der Waals surface area contributed by atoms with Crippen LogP contribution in [0.4, 0.5) is 0 Å². The number of hydrogen-bond donors (Lipinski definition) is 1. The fourth-order valence-corrected chi connectivity index (χ4v) is 4.41. The lowest BCUT2D eigenvalue weighted by Gasteiger charge is -2.22. The molecule has 3 heterocycles. The number of nitrogens with one attached hydrogen (secondary N) is 1. The standard InChI is InChI=1S/C27H27N7O/c1-19-11-20(2)24-13-23(27(35)29-25(24)12-19)17-33(15-22-9-6-10-28-14-22)18-26-30-31-32-34(26)16-21-7-4-3-5-8-21/h3-14H,15-18H2,1-2H3,(H,29,35). The van der Waals surface area contributed by atoms with Gasteiger partial charge >= 0.3 is 0 Å². The SMILES string of the molecule is Cc1cc(C)c2cc(CN(Cc3cccnc3)Cc3nnnn3Cc3ccccc3)c(=O)[nH]c2c1. The molecule has 0 saturated heterocycles. The van der Waals surface area contributed by atoms with E-state index < -0.39 is 0 Å². The van der Waals surface area contributed by atoms with Crippen LogP contribution in [-0.2, 0) is 26.2 Å². The highest BCUT2D eigenvalue weighted by atomic mass is 16.1. The van der Waals surface area contributed by atoms with Gasteiger partial charge in [0.05, 0.1) is 13.1 Å². The van der Waals surface area contributed by atoms with Gasteiger partial charge in [-0.2, -0.15) is 0 Å². The first-order chi connectivity index (χ1) is 17.0. The number of rotatable bonds is 8. The summed E-state index contributed by atoms with van der Waals surface area (Å²) in [5.74, 6) is 0.738. The Kier molecular flexibility index (Phi) is 6.45. The van der Waals surface area contributed by atoms with E-state index >= 15 is 0 Å². The highest BCUT2D eigenvalue weighted by Crippen LogP contribution is 2.20. The minimum atomic E-state index is -0.0810. The van der Waals surface area contributed by atoms with E-state index in [9.17, 15) is 4.79 Å². The summed E-state index contributed by atoms with van der Waals surface area (Å²) < 4.78 is 1.81. The predicted octanol–water partition coefficient (Wildman–Crippen LogP) is 3.78. The molecule has 3 aromatic heterocycles.